The van der Waals surface area contributed by atoms with Crippen LogP contribution >= 0.6 is 0 Å². The van der Waals surface area contributed by atoms with Crippen LogP contribution in [0.4, 0.5) is 0 Å². The summed E-state index contributed by atoms with van der Waals surface area (Å²) < 4.78 is 4.61. The molecule has 2 N–H and O–H groups in total. The summed E-state index contributed by atoms with van der Waals surface area (Å²) in [6, 6.07) is 0. The molecule has 1 aliphatic heterocycles. The first-order valence-electron chi connectivity index (χ1n) is 2.68. The highest BCUT2D eigenvalue weighted by Gasteiger charge is 2.19. The van der Waals surface area contributed by atoms with E-state index in [1.54, 1.807) is 6.92 Å². The highest BCUT2D eigenvalue weighted by Crippen LogP contribution is 2.04. The monoisotopic (exact) mass is 120 g/mol. The zero-order valence-electron chi connectivity index (χ0n) is 5.00. The van der Waals surface area contributed by atoms with Crippen molar-refractivity contribution in [2.45, 2.75) is 13.0 Å². The van der Waals surface area contributed by atoms with Crippen LogP contribution in [0.15, 0.2) is 0 Å². The van der Waals surface area contributed by atoms with Crippen LogP contribution in [0, 0.1) is 0 Å². The van der Waals surface area contributed by atoms with E-state index in [2.05, 4.69) is 4.74 Å². The Balaban J connectivity index is 0.000000145. The highest BCUT2D eigenvalue weighted by molar-refractivity contribution is 4.65. The van der Waals surface area contributed by atoms with Gasteiger partial charge in [0.15, 0.2) is 0 Å². The molecule has 0 spiro atoms. The number of hydrogen-bond acceptors (Lipinski definition) is 3. The number of rotatable bonds is 1. The van der Waals surface area contributed by atoms with E-state index in [0.29, 0.717) is 0 Å². The zero-order valence-corrected chi connectivity index (χ0v) is 5.00. The summed E-state index contributed by atoms with van der Waals surface area (Å²) in [5, 5.41) is 15.7. The fourth-order valence-electron chi connectivity index (χ4n) is 0.173. The van der Waals surface area contributed by atoms with Crippen molar-refractivity contribution < 1.29 is 14.9 Å². The molecule has 1 heterocycles. The summed E-state index contributed by atoms with van der Waals surface area (Å²) in [7, 11) is 0. The molecule has 0 aromatic carbocycles. The molecule has 0 radical (unpaired) electrons. The van der Waals surface area contributed by atoms with Gasteiger partial charge in [0.25, 0.3) is 0 Å². The standard InChI is InChI=1S/C3H6O2.C2H6O/c4-1-3-2-5-3;1-2-3/h3-4H,1-2H2;3H,2H2,1H3. The summed E-state index contributed by atoms with van der Waals surface area (Å²) in [6.45, 7) is 2.89. The molecule has 1 unspecified atom stereocenters. The van der Waals surface area contributed by atoms with E-state index in [1.165, 1.54) is 0 Å². The lowest BCUT2D eigenvalue weighted by Crippen LogP contribution is -1.88. The Hall–Kier alpha value is -0.120. The Morgan fingerprint density at radius 3 is 2.00 bits per heavy atom. The second-order valence-corrected chi connectivity index (χ2v) is 1.45. The number of aliphatic hydroxyl groups excluding tert-OH is 2. The molecule has 1 saturated heterocycles. The molecule has 0 amide bonds. The van der Waals surface area contributed by atoms with Gasteiger partial charge in [-0.25, -0.2) is 0 Å². The normalized spacial score (nSPS) is 23.6. The second kappa shape index (κ2) is 5.03. The fraction of sp³-hybridized carbons (Fsp3) is 1.00. The number of epoxide rings is 1. The predicted molar refractivity (Wildman–Crippen MR) is 29.6 cm³/mol. The van der Waals surface area contributed by atoms with Gasteiger partial charge in [-0.2, -0.15) is 0 Å². The number of hydrogen-bond donors (Lipinski definition) is 2. The van der Waals surface area contributed by atoms with Gasteiger partial charge in [-0.3, -0.25) is 0 Å². The minimum absolute atomic E-state index is 0.190. The van der Waals surface area contributed by atoms with Crippen LogP contribution < -0.4 is 0 Å². The summed E-state index contributed by atoms with van der Waals surface area (Å²) in [5.41, 5.74) is 0. The zero-order chi connectivity index (χ0) is 6.41. The van der Waals surface area contributed by atoms with Crippen molar-refractivity contribution in [1.29, 1.82) is 0 Å². The molecule has 0 aromatic heterocycles. The molecular weight excluding hydrogens is 108 g/mol. The first-order valence-corrected chi connectivity index (χ1v) is 2.68. The number of aliphatic hydroxyl groups is 2. The number of ether oxygens (including phenoxy) is 1. The molecule has 0 aromatic rings. The first kappa shape index (κ1) is 7.88. The average molecular weight is 120 g/mol. The molecule has 3 heteroatoms. The molecule has 50 valence electrons. The van der Waals surface area contributed by atoms with Gasteiger partial charge in [0, 0.05) is 6.61 Å². The van der Waals surface area contributed by atoms with Crippen LogP contribution in [0.3, 0.4) is 0 Å². The summed E-state index contributed by atoms with van der Waals surface area (Å²) >= 11 is 0. The largest absolute Gasteiger partial charge is 0.397 e. The van der Waals surface area contributed by atoms with Crippen molar-refractivity contribution >= 4 is 0 Å². The molecule has 1 atom stereocenters. The van der Waals surface area contributed by atoms with Crippen LogP contribution in [-0.4, -0.2) is 36.1 Å². The van der Waals surface area contributed by atoms with E-state index in [4.69, 9.17) is 10.2 Å². The van der Waals surface area contributed by atoms with Gasteiger partial charge in [-0.15, -0.1) is 0 Å². The lowest BCUT2D eigenvalue weighted by Gasteiger charge is -1.70. The Morgan fingerprint density at radius 1 is 1.62 bits per heavy atom. The third-order valence-electron chi connectivity index (χ3n) is 0.606. The minimum atomic E-state index is 0.190. The molecule has 1 fully saturated rings. The van der Waals surface area contributed by atoms with Gasteiger partial charge in [0.05, 0.1) is 13.2 Å². The molecule has 0 saturated carbocycles. The molecule has 1 aliphatic rings. The predicted octanol–water partition coefficient (Wildman–Crippen LogP) is -0.624. The first-order chi connectivity index (χ1) is 3.85. The topological polar surface area (TPSA) is 53.0 Å². The lowest BCUT2D eigenvalue weighted by atomic mass is 10.5. The van der Waals surface area contributed by atoms with E-state index in [9.17, 15) is 0 Å². The Kier molecular flexibility index (Phi) is 4.95. The Bertz CT molecular complexity index is 42.9. The molecular formula is C5H12O3. The average Bonchev–Trinajstić information content (AvgIpc) is 2.48. The smallest absolute Gasteiger partial charge is 0.104 e. The van der Waals surface area contributed by atoms with Crippen LogP contribution in [0.1, 0.15) is 6.92 Å². The van der Waals surface area contributed by atoms with Gasteiger partial charge in [-0.05, 0) is 6.92 Å². The second-order valence-electron chi connectivity index (χ2n) is 1.45. The molecule has 1 rings (SSSR count). The summed E-state index contributed by atoms with van der Waals surface area (Å²) in [5.74, 6) is 0. The van der Waals surface area contributed by atoms with E-state index >= 15 is 0 Å². The SMILES string of the molecule is CCO.OCC1CO1. The van der Waals surface area contributed by atoms with Gasteiger partial charge < -0.3 is 14.9 Å². The van der Waals surface area contributed by atoms with Crippen LogP contribution in [0.25, 0.3) is 0 Å². The van der Waals surface area contributed by atoms with E-state index in [0.717, 1.165) is 6.61 Å². The van der Waals surface area contributed by atoms with E-state index in [-0.39, 0.29) is 19.3 Å². The van der Waals surface area contributed by atoms with Crippen molar-refractivity contribution in [2.24, 2.45) is 0 Å². The van der Waals surface area contributed by atoms with Crippen LogP contribution in [0.2, 0.25) is 0 Å². The fourth-order valence-corrected chi connectivity index (χ4v) is 0.173. The Morgan fingerprint density at radius 2 is 2.00 bits per heavy atom. The molecule has 3 nitrogen and oxygen atoms in total. The minimum Gasteiger partial charge on any atom is -0.397 e. The van der Waals surface area contributed by atoms with Gasteiger partial charge in [-0.1, -0.05) is 0 Å². The van der Waals surface area contributed by atoms with Crippen molar-refractivity contribution in [3.8, 4) is 0 Å². The van der Waals surface area contributed by atoms with E-state index in [1.807, 2.05) is 0 Å². The third kappa shape index (κ3) is 5.88. The maximum absolute atomic E-state index is 8.08. The maximum Gasteiger partial charge on any atom is 0.104 e. The lowest BCUT2D eigenvalue weighted by molar-refractivity contribution is 0.244. The van der Waals surface area contributed by atoms with Crippen molar-refractivity contribution in [2.75, 3.05) is 19.8 Å². The summed E-state index contributed by atoms with van der Waals surface area (Å²) in [4.78, 5) is 0. The molecule has 0 aliphatic carbocycles. The van der Waals surface area contributed by atoms with Crippen molar-refractivity contribution in [3.63, 3.8) is 0 Å². The van der Waals surface area contributed by atoms with Gasteiger partial charge >= 0.3 is 0 Å². The van der Waals surface area contributed by atoms with Crippen molar-refractivity contribution in [3.05, 3.63) is 0 Å². The Labute approximate surface area is 48.9 Å². The van der Waals surface area contributed by atoms with E-state index < -0.39 is 0 Å². The molecule has 8 heavy (non-hydrogen) atoms. The van der Waals surface area contributed by atoms with Crippen LogP contribution in [0.5, 0.6) is 0 Å². The highest BCUT2D eigenvalue weighted by atomic mass is 16.6. The van der Waals surface area contributed by atoms with Crippen molar-refractivity contribution in [1.82, 2.24) is 0 Å². The summed E-state index contributed by atoms with van der Waals surface area (Å²) in [6.07, 6.45) is 0.190. The van der Waals surface area contributed by atoms with Crippen LogP contribution in [-0.2, 0) is 4.74 Å². The third-order valence-corrected chi connectivity index (χ3v) is 0.606. The quantitative estimate of drug-likeness (QED) is 0.453. The van der Waals surface area contributed by atoms with Gasteiger partial charge in [0.1, 0.15) is 6.10 Å². The maximum atomic E-state index is 8.08. The van der Waals surface area contributed by atoms with Gasteiger partial charge in [0.2, 0.25) is 0 Å². The molecule has 0 bridgehead atoms.